The van der Waals surface area contributed by atoms with Crippen LogP contribution in [0.2, 0.25) is 0 Å². The molecule has 1 amide bonds. The second-order valence-corrected chi connectivity index (χ2v) is 6.26. The van der Waals surface area contributed by atoms with Crippen molar-refractivity contribution in [1.29, 1.82) is 0 Å². The number of hydrogen-bond acceptors (Lipinski definition) is 5. The summed E-state index contributed by atoms with van der Waals surface area (Å²) in [6.07, 6.45) is 0.637. The maximum absolute atomic E-state index is 12.3. The highest BCUT2D eigenvalue weighted by Crippen LogP contribution is 2.19. The van der Waals surface area contributed by atoms with Gasteiger partial charge in [0, 0.05) is 18.1 Å². The van der Waals surface area contributed by atoms with Gasteiger partial charge in [-0.1, -0.05) is 13.8 Å². The van der Waals surface area contributed by atoms with E-state index < -0.39 is 12.1 Å². The fourth-order valence-corrected chi connectivity index (χ4v) is 3.15. The van der Waals surface area contributed by atoms with Crippen molar-refractivity contribution in [2.24, 2.45) is 11.7 Å². The number of carbonyl (C=O) groups excluding carboxylic acids is 2. The minimum absolute atomic E-state index is 0.132. The molecular formula is C13H24N2O3S. The number of ether oxygens (including phenoxy) is 1. The third kappa shape index (κ3) is 4.69. The molecule has 0 aliphatic carbocycles. The number of rotatable bonds is 5. The molecule has 0 spiro atoms. The monoisotopic (exact) mass is 288 g/mol. The molecule has 1 saturated heterocycles. The van der Waals surface area contributed by atoms with Gasteiger partial charge in [0.15, 0.2) is 0 Å². The lowest BCUT2D eigenvalue weighted by molar-refractivity contribution is -0.154. The van der Waals surface area contributed by atoms with Crippen molar-refractivity contribution in [1.82, 2.24) is 4.90 Å². The van der Waals surface area contributed by atoms with Crippen molar-refractivity contribution in [3.63, 3.8) is 0 Å². The lowest BCUT2D eigenvalue weighted by atomic mass is 10.0. The molecule has 0 radical (unpaired) electrons. The van der Waals surface area contributed by atoms with Crippen LogP contribution in [0.1, 0.15) is 27.2 Å². The van der Waals surface area contributed by atoms with Crippen LogP contribution in [-0.4, -0.2) is 53.5 Å². The molecule has 1 aliphatic rings. The molecule has 0 aromatic carbocycles. The molecule has 0 bridgehead atoms. The third-order valence-electron chi connectivity index (χ3n) is 3.01. The molecule has 2 atom stereocenters. The van der Waals surface area contributed by atoms with Gasteiger partial charge in [0.25, 0.3) is 0 Å². The van der Waals surface area contributed by atoms with Crippen molar-refractivity contribution < 1.29 is 14.3 Å². The Hall–Kier alpha value is -0.750. The van der Waals surface area contributed by atoms with Gasteiger partial charge in [-0.05, 0) is 19.3 Å². The quantitative estimate of drug-likeness (QED) is 0.760. The standard InChI is InChI=1S/C13H24N2O3S/c1-4-18-13(17)11-8-19-6-5-15(11)12(16)10(14)7-9(2)3/h9-11H,4-8,14H2,1-3H3/t10-,11?/m1/s1. The van der Waals surface area contributed by atoms with Gasteiger partial charge in [-0.2, -0.15) is 11.8 Å². The van der Waals surface area contributed by atoms with E-state index >= 15 is 0 Å². The minimum atomic E-state index is -0.528. The summed E-state index contributed by atoms with van der Waals surface area (Å²) in [7, 11) is 0. The Kier molecular flexibility index (Phi) is 6.65. The van der Waals surface area contributed by atoms with Gasteiger partial charge in [0.05, 0.1) is 12.6 Å². The number of nitrogens with zero attached hydrogens (tertiary/aromatic N) is 1. The Labute approximate surface area is 119 Å². The number of hydrogen-bond donors (Lipinski definition) is 1. The van der Waals surface area contributed by atoms with E-state index in [0.29, 0.717) is 31.2 Å². The lowest BCUT2D eigenvalue weighted by Crippen LogP contribution is -2.55. The summed E-state index contributed by atoms with van der Waals surface area (Å²) in [5, 5.41) is 0. The smallest absolute Gasteiger partial charge is 0.329 e. The number of nitrogens with two attached hydrogens (primary N) is 1. The van der Waals surface area contributed by atoms with E-state index in [9.17, 15) is 9.59 Å². The van der Waals surface area contributed by atoms with E-state index in [0.717, 1.165) is 5.75 Å². The van der Waals surface area contributed by atoms with E-state index in [-0.39, 0.29) is 11.9 Å². The maximum Gasteiger partial charge on any atom is 0.329 e. The lowest BCUT2D eigenvalue weighted by Gasteiger charge is -2.35. The highest BCUT2D eigenvalue weighted by molar-refractivity contribution is 7.99. The first-order chi connectivity index (χ1) is 8.97. The second kappa shape index (κ2) is 7.75. The number of carbonyl (C=O) groups is 2. The van der Waals surface area contributed by atoms with E-state index in [4.69, 9.17) is 10.5 Å². The van der Waals surface area contributed by atoms with Crippen LogP contribution in [0, 0.1) is 5.92 Å². The Balaban J connectivity index is 2.70. The number of thioether (sulfide) groups is 1. The topological polar surface area (TPSA) is 72.6 Å². The first-order valence-electron chi connectivity index (χ1n) is 6.77. The van der Waals surface area contributed by atoms with Crippen LogP contribution in [0.15, 0.2) is 0 Å². The zero-order valence-electron chi connectivity index (χ0n) is 11.9. The number of amides is 1. The molecule has 110 valence electrons. The SMILES string of the molecule is CCOC(=O)C1CSCCN1C(=O)[C@H](N)CC(C)C. The molecule has 0 aromatic heterocycles. The first-order valence-corrected chi connectivity index (χ1v) is 7.93. The molecule has 1 fully saturated rings. The molecule has 1 unspecified atom stereocenters. The summed E-state index contributed by atoms with van der Waals surface area (Å²) < 4.78 is 5.04. The van der Waals surface area contributed by atoms with Crippen LogP contribution >= 0.6 is 11.8 Å². The van der Waals surface area contributed by atoms with E-state index in [1.165, 1.54) is 0 Å². The highest BCUT2D eigenvalue weighted by Gasteiger charge is 2.35. The summed E-state index contributed by atoms with van der Waals surface area (Å²) in [4.78, 5) is 25.8. The fourth-order valence-electron chi connectivity index (χ4n) is 2.12. The van der Waals surface area contributed by atoms with E-state index in [1.54, 1.807) is 23.6 Å². The van der Waals surface area contributed by atoms with Gasteiger partial charge < -0.3 is 15.4 Å². The highest BCUT2D eigenvalue weighted by atomic mass is 32.2. The molecule has 0 aromatic rings. The predicted molar refractivity (Wildman–Crippen MR) is 76.9 cm³/mol. The molecule has 0 saturated carbocycles. The van der Waals surface area contributed by atoms with Crippen LogP contribution in [0.25, 0.3) is 0 Å². The largest absolute Gasteiger partial charge is 0.464 e. The minimum Gasteiger partial charge on any atom is -0.464 e. The summed E-state index contributed by atoms with van der Waals surface area (Å²) in [6, 6.07) is -1.01. The van der Waals surface area contributed by atoms with Gasteiger partial charge >= 0.3 is 5.97 Å². The average molecular weight is 288 g/mol. The average Bonchev–Trinajstić information content (AvgIpc) is 2.37. The second-order valence-electron chi connectivity index (χ2n) is 5.11. The van der Waals surface area contributed by atoms with E-state index in [2.05, 4.69) is 0 Å². The summed E-state index contributed by atoms with van der Waals surface area (Å²) in [6.45, 7) is 6.73. The molecule has 5 nitrogen and oxygen atoms in total. The zero-order valence-corrected chi connectivity index (χ0v) is 12.7. The van der Waals surface area contributed by atoms with Gasteiger partial charge in [0.2, 0.25) is 5.91 Å². The van der Waals surface area contributed by atoms with Crippen molar-refractivity contribution in [3.05, 3.63) is 0 Å². The van der Waals surface area contributed by atoms with Crippen molar-refractivity contribution >= 4 is 23.6 Å². The normalized spacial score (nSPS) is 21.3. The maximum atomic E-state index is 12.3. The van der Waals surface area contributed by atoms with Crippen LogP contribution < -0.4 is 5.73 Å². The van der Waals surface area contributed by atoms with Crippen molar-refractivity contribution in [3.8, 4) is 0 Å². The molecule has 19 heavy (non-hydrogen) atoms. The zero-order chi connectivity index (χ0) is 14.4. The van der Waals surface area contributed by atoms with Crippen LogP contribution in [0.3, 0.4) is 0 Å². The Bertz CT molecular complexity index is 323. The molecule has 2 N–H and O–H groups in total. The van der Waals surface area contributed by atoms with E-state index in [1.807, 2.05) is 13.8 Å². The summed E-state index contributed by atoms with van der Waals surface area (Å²) in [5.41, 5.74) is 5.94. The third-order valence-corrected chi connectivity index (χ3v) is 4.04. The Morgan fingerprint density at radius 3 is 2.74 bits per heavy atom. The molecule has 1 heterocycles. The number of esters is 1. The summed E-state index contributed by atoms with van der Waals surface area (Å²) >= 11 is 1.67. The molecule has 1 rings (SSSR count). The van der Waals surface area contributed by atoms with Gasteiger partial charge in [-0.15, -0.1) is 0 Å². The van der Waals surface area contributed by atoms with Crippen LogP contribution in [0.5, 0.6) is 0 Å². The fraction of sp³-hybridized carbons (Fsp3) is 0.846. The van der Waals surface area contributed by atoms with Crippen molar-refractivity contribution in [2.45, 2.75) is 39.3 Å². The van der Waals surface area contributed by atoms with Crippen LogP contribution in [0.4, 0.5) is 0 Å². The molecule has 1 aliphatic heterocycles. The predicted octanol–water partition coefficient (Wildman–Crippen LogP) is 0.867. The van der Waals surface area contributed by atoms with Crippen molar-refractivity contribution in [2.75, 3.05) is 24.7 Å². The van der Waals surface area contributed by atoms with Gasteiger partial charge in [0.1, 0.15) is 6.04 Å². The molecule has 6 heteroatoms. The first kappa shape index (κ1) is 16.3. The molecular weight excluding hydrogens is 264 g/mol. The van der Waals surface area contributed by atoms with Crippen LogP contribution in [-0.2, 0) is 14.3 Å². The Morgan fingerprint density at radius 2 is 2.16 bits per heavy atom. The summed E-state index contributed by atoms with van der Waals surface area (Å²) in [5.74, 6) is 1.35. The van der Waals surface area contributed by atoms with Gasteiger partial charge in [-0.25, -0.2) is 4.79 Å². The van der Waals surface area contributed by atoms with Gasteiger partial charge in [-0.3, -0.25) is 4.79 Å². The Morgan fingerprint density at radius 1 is 1.47 bits per heavy atom.